The summed E-state index contributed by atoms with van der Waals surface area (Å²) in [6.45, 7) is 0.200. The fourth-order valence-corrected chi connectivity index (χ4v) is 1.28. The minimum absolute atomic E-state index is 0.200. The number of rotatable bonds is 0. The predicted molar refractivity (Wildman–Crippen MR) is 46.1 cm³/mol. The molecule has 12 heavy (non-hydrogen) atoms. The van der Waals surface area contributed by atoms with Gasteiger partial charge in [0.1, 0.15) is 6.54 Å². The summed E-state index contributed by atoms with van der Waals surface area (Å²) in [6, 6.07) is 1.81. The van der Waals surface area contributed by atoms with Crippen LogP contribution in [0.5, 0.6) is 5.88 Å². The molecule has 0 amide bonds. The molecule has 5 heteroatoms. The lowest BCUT2D eigenvalue weighted by molar-refractivity contribution is -0.133. The van der Waals surface area contributed by atoms with E-state index in [0.717, 1.165) is 10.2 Å². The van der Waals surface area contributed by atoms with Gasteiger partial charge in [-0.2, -0.15) is 0 Å². The number of pyridine rings is 1. The van der Waals surface area contributed by atoms with Gasteiger partial charge in [-0.15, -0.1) is 0 Å². The van der Waals surface area contributed by atoms with Gasteiger partial charge in [-0.05, 0) is 22.0 Å². The summed E-state index contributed by atoms with van der Waals surface area (Å²) in [6.07, 6.45) is 1.58. The van der Waals surface area contributed by atoms with Crippen molar-refractivity contribution in [1.29, 1.82) is 0 Å². The van der Waals surface area contributed by atoms with E-state index >= 15 is 0 Å². The quantitative estimate of drug-likeness (QED) is 0.678. The molecule has 1 aromatic heterocycles. The van der Waals surface area contributed by atoms with Crippen LogP contribution < -0.4 is 10.1 Å². The smallest absolute Gasteiger partial charge is 0.332 e. The zero-order chi connectivity index (χ0) is 8.55. The number of nitrogens with zero attached hydrogens (tertiary/aromatic N) is 1. The number of ether oxygens (including phenoxy) is 1. The Labute approximate surface area is 77.1 Å². The van der Waals surface area contributed by atoms with E-state index in [1.54, 1.807) is 6.20 Å². The molecule has 0 bridgehead atoms. The Bertz CT molecular complexity index is 340. The number of carbonyl (C=O) groups is 1. The number of nitrogens with one attached hydrogen (secondary N) is 1. The zero-order valence-corrected chi connectivity index (χ0v) is 7.59. The number of halogens is 1. The summed E-state index contributed by atoms with van der Waals surface area (Å²) >= 11 is 3.26. The van der Waals surface area contributed by atoms with Crippen molar-refractivity contribution < 1.29 is 9.53 Å². The fourth-order valence-electron chi connectivity index (χ4n) is 0.946. The van der Waals surface area contributed by atoms with Gasteiger partial charge in [-0.25, -0.2) is 9.78 Å². The molecular weight excluding hydrogens is 224 g/mol. The van der Waals surface area contributed by atoms with E-state index in [0.29, 0.717) is 5.88 Å². The molecule has 1 aromatic rings. The first-order valence-corrected chi connectivity index (χ1v) is 4.15. The highest BCUT2D eigenvalue weighted by atomic mass is 79.9. The highest BCUT2D eigenvalue weighted by Gasteiger charge is 2.17. The Morgan fingerprint density at radius 3 is 3.33 bits per heavy atom. The molecule has 0 atom stereocenters. The van der Waals surface area contributed by atoms with Gasteiger partial charge in [0, 0.05) is 10.7 Å². The van der Waals surface area contributed by atoms with Gasteiger partial charge in [0.25, 0.3) is 0 Å². The molecule has 0 saturated carbocycles. The lowest BCUT2D eigenvalue weighted by Gasteiger charge is -2.15. The number of anilines is 1. The lowest BCUT2D eigenvalue weighted by Crippen LogP contribution is -2.25. The number of hydrogen-bond donors (Lipinski definition) is 1. The Hall–Kier alpha value is -1.10. The van der Waals surface area contributed by atoms with E-state index in [1.165, 1.54) is 0 Å². The maximum absolute atomic E-state index is 10.8. The molecule has 1 N–H and O–H groups in total. The molecule has 0 fully saturated rings. The van der Waals surface area contributed by atoms with Crippen LogP contribution in [-0.2, 0) is 4.79 Å². The minimum atomic E-state index is -0.308. The summed E-state index contributed by atoms with van der Waals surface area (Å²) in [5, 5.41) is 2.89. The van der Waals surface area contributed by atoms with Gasteiger partial charge >= 0.3 is 5.97 Å². The summed E-state index contributed by atoms with van der Waals surface area (Å²) in [7, 11) is 0. The highest BCUT2D eigenvalue weighted by molar-refractivity contribution is 9.10. The predicted octanol–water partition coefficient (Wildman–Crippen LogP) is 1.17. The fraction of sp³-hybridized carbons (Fsp3) is 0.143. The molecule has 2 rings (SSSR count). The van der Waals surface area contributed by atoms with Gasteiger partial charge in [-0.1, -0.05) is 0 Å². The van der Waals surface area contributed by atoms with E-state index in [4.69, 9.17) is 4.74 Å². The standard InChI is InChI=1S/C7H5BrN2O2/c8-4-1-5-7(10-2-4)12-6(11)3-9-5/h1-2,9H,3H2. The van der Waals surface area contributed by atoms with Crippen LogP contribution in [0.3, 0.4) is 0 Å². The Morgan fingerprint density at radius 2 is 2.50 bits per heavy atom. The first-order valence-electron chi connectivity index (χ1n) is 3.36. The molecule has 0 radical (unpaired) electrons. The number of hydrogen-bond acceptors (Lipinski definition) is 4. The highest BCUT2D eigenvalue weighted by Crippen LogP contribution is 2.27. The average molecular weight is 229 g/mol. The van der Waals surface area contributed by atoms with Crippen LogP contribution in [0.15, 0.2) is 16.7 Å². The van der Waals surface area contributed by atoms with Crippen LogP contribution in [0, 0.1) is 0 Å². The molecule has 0 unspecified atom stereocenters. The van der Waals surface area contributed by atoms with Crippen LogP contribution in [0.25, 0.3) is 0 Å². The maximum Gasteiger partial charge on any atom is 0.332 e. The van der Waals surface area contributed by atoms with E-state index in [-0.39, 0.29) is 12.5 Å². The molecule has 0 spiro atoms. The van der Waals surface area contributed by atoms with E-state index in [2.05, 4.69) is 26.2 Å². The van der Waals surface area contributed by atoms with Crippen molar-refractivity contribution in [2.24, 2.45) is 0 Å². The third-order valence-corrected chi connectivity index (χ3v) is 1.89. The van der Waals surface area contributed by atoms with Crippen LogP contribution >= 0.6 is 15.9 Å². The topological polar surface area (TPSA) is 51.2 Å². The third-order valence-electron chi connectivity index (χ3n) is 1.45. The molecular formula is C7H5BrN2O2. The molecule has 1 aliphatic heterocycles. The van der Waals surface area contributed by atoms with E-state index in [1.807, 2.05) is 6.07 Å². The van der Waals surface area contributed by atoms with Crippen LogP contribution in [0.2, 0.25) is 0 Å². The van der Waals surface area contributed by atoms with Crippen molar-refractivity contribution in [3.05, 3.63) is 16.7 Å². The molecule has 62 valence electrons. The van der Waals surface area contributed by atoms with Crippen LogP contribution in [0.4, 0.5) is 5.69 Å². The normalized spacial score (nSPS) is 14.6. The van der Waals surface area contributed by atoms with Gasteiger partial charge in [0.2, 0.25) is 5.88 Å². The second kappa shape index (κ2) is 2.75. The molecule has 0 aromatic carbocycles. The first-order chi connectivity index (χ1) is 5.75. The average Bonchev–Trinajstić information content (AvgIpc) is 2.05. The molecule has 0 aliphatic carbocycles. The van der Waals surface area contributed by atoms with Crippen molar-refractivity contribution in [3.8, 4) is 5.88 Å². The number of fused-ring (bicyclic) bond motifs is 1. The van der Waals surface area contributed by atoms with Crippen molar-refractivity contribution in [2.75, 3.05) is 11.9 Å². The summed E-state index contributed by atoms with van der Waals surface area (Å²) in [5.41, 5.74) is 0.740. The number of esters is 1. The van der Waals surface area contributed by atoms with Crippen molar-refractivity contribution in [2.45, 2.75) is 0 Å². The van der Waals surface area contributed by atoms with Crippen LogP contribution in [0.1, 0.15) is 0 Å². The molecule has 1 aliphatic rings. The Balaban J connectivity index is 2.43. The summed E-state index contributed by atoms with van der Waals surface area (Å²) in [5.74, 6) is 0.0340. The SMILES string of the molecule is O=C1CNc2cc(Br)cnc2O1. The second-order valence-electron chi connectivity index (χ2n) is 2.33. The van der Waals surface area contributed by atoms with Crippen molar-refractivity contribution in [3.63, 3.8) is 0 Å². The largest absolute Gasteiger partial charge is 0.404 e. The van der Waals surface area contributed by atoms with Gasteiger partial charge in [-0.3, -0.25) is 0 Å². The Morgan fingerprint density at radius 1 is 1.67 bits per heavy atom. The monoisotopic (exact) mass is 228 g/mol. The molecule has 0 saturated heterocycles. The number of aromatic nitrogens is 1. The maximum atomic E-state index is 10.8. The Kier molecular flexibility index (Phi) is 1.73. The van der Waals surface area contributed by atoms with Gasteiger partial charge < -0.3 is 10.1 Å². The van der Waals surface area contributed by atoms with Crippen molar-refractivity contribution >= 4 is 27.6 Å². The van der Waals surface area contributed by atoms with Crippen LogP contribution in [-0.4, -0.2) is 17.5 Å². The number of carbonyl (C=O) groups excluding carboxylic acids is 1. The summed E-state index contributed by atoms with van der Waals surface area (Å²) < 4.78 is 5.71. The van der Waals surface area contributed by atoms with Gasteiger partial charge in [0.05, 0.1) is 5.69 Å². The minimum Gasteiger partial charge on any atom is -0.404 e. The third kappa shape index (κ3) is 1.27. The molecule has 2 heterocycles. The van der Waals surface area contributed by atoms with Gasteiger partial charge in [0.15, 0.2) is 0 Å². The first kappa shape index (κ1) is 7.54. The van der Waals surface area contributed by atoms with E-state index < -0.39 is 0 Å². The zero-order valence-electron chi connectivity index (χ0n) is 6.00. The molecule has 4 nitrogen and oxygen atoms in total. The second-order valence-corrected chi connectivity index (χ2v) is 3.25. The van der Waals surface area contributed by atoms with E-state index in [9.17, 15) is 4.79 Å². The summed E-state index contributed by atoms with van der Waals surface area (Å²) in [4.78, 5) is 14.7. The van der Waals surface area contributed by atoms with Crippen molar-refractivity contribution in [1.82, 2.24) is 4.98 Å². The lowest BCUT2D eigenvalue weighted by atomic mass is 10.3.